The first-order valence-corrected chi connectivity index (χ1v) is 10.1. The Morgan fingerprint density at radius 1 is 1.06 bits per heavy atom. The van der Waals surface area contributed by atoms with Crippen LogP contribution < -0.4 is 5.32 Å². The van der Waals surface area contributed by atoms with Crippen molar-refractivity contribution in [2.24, 2.45) is 5.11 Å². The van der Waals surface area contributed by atoms with Crippen molar-refractivity contribution in [3.05, 3.63) is 41.3 Å². The molecule has 1 aliphatic rings. The van der Waals surface area contributed by atoms with Gasteiger partial charge in [0.25, 0.3) is 0 Å². The van der Waals surface area contributed by atoms with Gasteiger partial charge in [-0.15, -0.1) is 0 Å². The van der Waals surface area contributed by atoms with E-state index in [1.165, 1.54) is 6.92 Å². The van der Waals surface area contributed by atoms with Gasteiger partial charge in [0.15, 0.2) is 29.7 Å². The van der Waals surface area contributed by atoms with E-state index in [9.17, 15) is 27.6 Å². The molecule has 0 aromatic heterocycles. The van der Waals surface area contributed by atoms with Crippen molar-refractivity contribution >= 4 is 23.6 Å². The number of carbonyl (C=O) groups excluding carboxylic acids is 3. The second-order valence-corrected chi connectivity index (χ2v) is 7.42. The maximum absolute atomic E-state index is 13.7. The third kappa shape index (κ3) is 6.76. The standard InChI is InChI=1S/C21H24F3N3O7/c1-9-20(33-11(3)29)19(21(34-12(4)30)17(32-9)8-31-10(2)28)26-7-16(27-25)13-5-14(22)18(24)15(23)6-13/h5-7,9,17,19-21,25-26H,8H2,1-4H3/b16-7-,27-25?/t9-,17?,19?,20?,21-/m0/s1. The minimum Gasteiger partial charge on any atom is -0.463 e. The fourth-order valence-electron chi connectivity index (χ4n) is 3.42. The molecule has 0 aliphatic carbocycles. The van der Waals surface area contributed by atoms with Crippen LogP contribution in [-0.2, 0) is 33.3 Å². The van der Waals surface area contributed by atoms with Gasteiger partial charge in [0.05, 0.1) is 6.10 Å². The minimum absolute atomic E-state index is 0.261. The van der Waals surface area contributed by atoms with Gasteiger partial charge in [0, 0.05) is 32.5 Å². The van der Waals surface area contributed by atoms with Gasteiger partial charge < -0.3 is 24.3 Å². The number of carbonyl (C=O) groups is 3. The molecule has 34 heavy (non-hydrogen) atoms. The predicted octanol–water partition coefficient (Wildman–Crippen LogP) is 2.61. The Morgan fingerprint density at radius 3 is 2.12 bits per heavy atom. The molecule has 0 bridgehead atoms. The number of ether oxygens (including phenoxy) is 4. The van der Waals surface area contributed by atoms with Crippen LogP contribution in [0.15, 0.2) is 23.4 Å². The maximum Gasteiger partial charge on any atom is 0.303 e. The van der Waals surface area contributed by atoms with Crippen LogP contribution in [0.4, 0.5) is 13.2 Å². The van der Waals surface area contributed by atoms with Gasteiger partial charge in [-0.2, -0.15) is 5.11 Å². The Hall–Kier alpha value is -3.48. The highest BCUT2D eigenvalue weighted by atomic mass is 19.2. The number of esters is 3. The highest BCUT2D eigenvalue weighted by Crippen LogP contribution is 2.28. The molecule has 0 amide bonds. The van der Waals surface area contributed by atoms with Gasteiger partial charge >= 0.3 is 17.9 Å². The molecular formula is C21H24F3N3O7. The number of hydrogen-bond acceptors (Lipinski definition) is 10. The fourth-order valence-corrected chi connectivity index (χ4v) is 3.42. The molecule has 1 aliphatic heterocycles. The lowest BCUT2D eigenvalue weighted by Crippen LogP contribution is -2.64. The van der Waals surface area contributed by atoms with Gasteiger partial charge in [-0.3, -0.25) is 14.4 Å². The molecule has 1 heterocycles. The average Bonchev–Trinajstić information content (AvgIpc) is 2.74. The molecule has 1 aromatic carbocycles. The molecule has 3 unspecified atom stereocenters. The molecule has 13 heteroatoms. The van der Waals surface area contributed by atoms with Crippen molar-refractivity contribution in [3.8, 4) is 0 Å². The molecule has 5 atom stereocenters. The highest BCUT2D eigenvalue weighted by Gasteiger charge is 2.48. The summed E-state index contributed by atoms with van der Waals surface area (Å²) in [7, 11) is 0. The summed E-state index contributed by atoms with van der Waals surface area (Å²) in [5.74, 6) is -6.66. The number of nitrogens with one attached hydrogen (secondary N) is 2. The van der Waals surface area contributed by atoms with Gasteiger partial charge in [-0.25, -0.2) is 18.7 Å². The predicted molar refractivity (Wildman–Crippen MR) is 108 cm³/mol. The first-order chi connectivity index (χ1) is 15.9. The second-order valence-electron chi connectivity index (χ2n) is 7.42. The molecular weight excluding hydrogens is 463 g/mol. The van der Waals surface area contributed by atoms with Crippen LogP contribution in [0.25, 0.3) is 5.70 Å². The third-order valence-corrected chi connectivity index (χ3v) is 4.79. The summed E-state index contributed by atoms with van der Waals surface area (Å²) in [4.78, 5) is 34.7. The first-order valence-electron chi connectivity index (χ1n) is 10.1. The molecule has 2 N–H and O–H groups in total. The molecule has 0 radical (unpaired) electrons. The number of rotatable bonds is 8. The van der Waals surface area contributed by atoms with E-state index >= 15 is 0 Å². The number of hydrogen-bond donors (Lipinski definition) is 2. The highest BCUT2D eigenvalue weighted by molar-refractivity contribution is 5.68. The van der Waals surface area contributed by atoms with E-state index in [1.54, 1.807) is 6.92 Å². The van der Waals surface area contributed by atoms with Crippen molar-refractivity contribution < 1.29 is 46.5 Å². The molecule has 1 saturated heterocycles. The number of halogens is 3. The SMILES string of the molecule is CC(=O)OCC1O[C@@H](C)C(OC(C)=O)C(N/C=C(\N=N)c2cc(F)c(F)c(F)c2)[C@H]1OC(C)=O. The molecule has 1 aromatic rings. The monoisotopic (exact) mass is 487 g/mol. The zero-order chi connectivity index (χ0) is 25.6. The second kappa shape index (κ2) is 11.6. The van der Waals surface area contributed by atoms with Crippen molar-refractivity contribution in [2.75, 3.05) is 6.61 Å². The molecule has 186 valence electrons. The van der Waals surface area contributed by atoms with E-state index in [-0.39, 0.29) is 17.9 Å². The summed E-state index contributed by atoms with van der Waals surface area (Å²) in [6.45, 7) is 4.73. The molecule has 0 spiro atoms. The lowest BCUT2D eigenvalue weighted by molar-refractivity contribution is -0.216. The average molecular weight is 487 g/mol. The summed E-state index contributed by atoms with van der Waals surface area (Å²) in [5, 5.41) is 6.00. The largest absolute Gasteiger partial charge is 0.463 e. The van der Waals surface area contributed by atoms with Gasteiger partial charge in [0.1, 0.15) is 24.4 Å². The number of nitrogens with zero attached hydrogens (tertiary/aromatic N) is 1. The van der Waals surface area contributed by atoms with E-state index in [0.717, 1.165) is 20.0 Å². The summed E-state index contributed by atoms with van der Waals surface area (Å²) in [6.07, 6.45) is -2.89. The Kier molecular flexibility index (Phi) is 9.12. The summed E-state index contributed by atoms with van der Waals surface area (Å²) < 4.78 is 62.0. The Balaban J connectivity index is 2.46. The molecule has 0 saturated carbocycles. The lowest BCUT2D eigenvalue weighted by Gasteiger charge is -2.44. The van der Waals surface area contributed by atoms with Crippen LogP contribution in [0.3, 0.4) is 0 Å². The molecule has 10 nitrogen and oxygen atoms in total. The topological polar surface area (TPSA) is 136 Å². The summed E-state index contributed by atoms with van der Waals surface area (Å²) in [6, 6.07) is 0.268. The quantitative estimate of drug-likeness (QED) is 0.247. The van der Waals surface area contributed by atoms with Crippen LogP contribution in [-0.4, -0.2) is 55.0 Å². The van der Waals surface area contributed by atoms with E-state index in [4.69, 9.17) is 24.5 Å². The third-order valence-electron chi connectivity index (χ3n) is 4.79. The van der Waals surface area contributed by atoms with Crippen molar-refractivity contribution in [1.82, 2.24) is 5.32 Å². The van der Waals surface area contributed by atoms with Crippen LogP contribution in [0.2, 0.25) is 0 Å². The van der Waals surface area contributed by atoms with Gasteiger partial charge in [-0.1, -0.05) is 0 Å². The van der Waals surface area contributed by atoms with Crippen LogP contribution in [0.5, 0.6) is 0 Å². The lowest BCUT2D eigenvalue weighted by atomic mass is 9.92. The summed E-state index contributed by atoms with van der Waals surface area (Å²) >= 11 is 0. The van der Waals surface area contributed by atoms with Crippen molar-refractivity contribution in [2.45, 2.75) is 58.2 Å². The van der Waals surface area contributed by atoms with Gasteiger partial charge in [0.2, 0.25) is 0 Å². The first kappa shape index (κ1) is 26.8. The molecule has 1 fully saturated rings. The van der Waals surface area contributed by atoms with E-state index < -0.39 is 65.8 Å². The minimum atomic E-state index is -1.68. The molecule has 2 rings (SSSR count). The van der Waals surface area contributed by atoms with Gasteiger partial charge in [-0.05, 0) is 19.1 Å². The smallest absolute Gasteiger partial charge is 0.303 e. The van der Waals surface area contributed by atoms with E-state index in [0.29, 0.717) is 12.1 Å². The maximum atomic E-state index is 13.7. The van der Waals surface area contributed by atoms with Crippen LogP contribution in [0, 0.1) is 23.0 Å². The fraction of sp³-hybridized carbons (Fsp3) is 0.476. The number of benzene rings is 1. The Morgan fingerprint density at radius 2 is 1.62 bits per heavy atom. The van der Waals surface area contributed by atoms with Crippen molar-refractivity contribution in [1.29, 1.82) is 5.53 Å². The summed E-state index contributed by atoms with van der Waals surface area (Å²) in [5.41, 5.74) is 6.78. The normalized spacial score (nSPS) is 24.7. The van der Waals surface area contributed by atoms with Crippen LogP contribution in [0.1, 0.15) is 33.3 Å². The Bertz CT molecular complexity index is 965. The van der Waals surface area contributed by atoms with E-state index in [1.807, 2.05) is 0 Å². The zero-order valence-corrected chi connectivity index (χ0v) is 18.8. The van der Waals surface area contributed by atoms with Crippen LogP contribution >= 0.6 is 0 Å². The van der Waals surface area contributed by atoms with Crippen molar-refractivity contribution in [3.63, 3.8) is 0 Å². The Labute approximate surface area is 192 Å². The van der Waals surface area contributed by atoms with E-state index in [2.05, 4.69) is 10.4 Å². The zero-order valence-electron chi connectivity index (χ0n) is 18.8.